The van der Waals surface area contributed by atoms with Gasteiger partial charge in [0, 0.05) is 35.7 Å². The third-order valence-corrected chi connectivity index (χ3v) is 6.23. The molecule has 7 heteroatoms. The third-order valence-electron chi connectivity index (χ3n) is 4.71. The molecule has 1 saturated heterocycles. The van der Waals surface area contributed by atoms with E-state index in [4.69, 9.17) is 4.99 Å². The Balaban J connectivity index is 2.38. The van der Waals surface area contributed by atoms with E-state index in [2.05, 4.69) is 62.8 Å². The smallest absolute Gasteiger partial charge is 0.277 e. The lowest BCUT2D eigenvalue weighted by Crippen LogP contribution is -2.51. The quantitative estimate of drug-likeness (QED) is 0.765. The first-order chi connectivity index (χ1) is 11.9. The van der Waals surface area contributed by atoms with Crippen molar-refractivity contribution in [1.82, 2.24) is 14.3 Å². The molecule has 1 fully saturated rings. The Morgan fingerprint density at radius 1 is 1.00 bits per heavy atom. The maximum absolute atomic E-state index is 12.5. The maximum atomic E-state index is 12.5. The minimum atomic E-state index is -3.57. The van der Waals surface area contributed by atoms with Crippen LogP contribution in [0, 0.1) is 10.8 Å². The molecule has 0 unspecified atom stereocenters. The highest BCUT2D eigenvalue weighted by molar-refractivity contribution is 7.87. The van der Waals surface area contributed by atoms with Crippen molar-refractivity contribution < 1.29 is 8.42 Å². The van der Waals surface area contributed by atoms with Gasteiger partial charge < -0.3 is 4.90 Å². The Kier molecular flexibility index (Phi) is 5.67. The second-order valence-electron chi connectivity index (χ2n) is 11.0. The highest BCUT2D eigenvalue weighted by atomic mass is 32.2. The van der Waals surface area contributed by atoms with E-state index < -0.39 is 15.7 Å². The van der Waals surface area contributed by atoms with Crippen LogP contribution in [0.5, 0.6) is 0 Å². The number of hydrogen-bond acceptors (Lipinski definition) is 4. The second kappa shape index (κ2) is 6.85. The molecule has 0 aliphatic carbocycles. The predicted molar refractivity (Wildman–Crippen MR) is 113 cm³/mol. The number of amidine groups is 1. The summed E-state index contributed by atoms with van der Waals surface area (Å²) in [4.78, 5) is 7.28. The van der Waals surface area contributed by atoms with Crippen LogP contribution in [-0.4, -0.2) is 43.3 Å². The van der Waals surface area contributed by atoms with Gasteiger partial charge in [-0.15, -0.1) is 0 Å². The number of aliphatic imine (C=N–C) groups is 1. The van der Waals surface area contributed by atoms with Crippen molar-refractivity contribution in [3.05, 3.63) is 11.3 Å². The van der Waals surface area contributed by atoms with Crippen LogP contribution in [-0.2, 0) is 10.2 Å². The van der Waals surface area contributed by atoms with Crippen molar-refractivity contribution in [1.29, 1.82) is 0 Å². The molecule has 6 nitrogen and oxygen atoms in total. The van der Waals surface area contributed by atoms with E-state index in [1.54, 1.807) is 0 Å². The molecule has 0 bridgehead atoms. The Bertz CT molecular complexity index is 746. The van der Waals surface area contributed by atoms with Crippen LogP contribution in [0.3, 0.4) is 0 Å². The van der Waals surface area contributed by atoms with Gasteiger partial charge in [-0.2, -0.15) is 17.9 Å². The first kappa shape index (κ1) is 22.4. The monoisotopic (exact) mass is 398 g/mol. The van der Waals surface area contributed by atoms with Crippen LogP contribution in [0.2, 0.25) is 0 Å². The third kappa shape index (κ3) is 5.33. The van der Waals surface area contributed by atoms with Crippen molar-refractivity contribution in [2.24, 2.45) is 15.8 Å². The van der Waals surface area contributed by atoms with Gasteiger partial charge in [-0.1, -0.05) is 41.5 Å². The summed E-state index contributed by atoms with van der Waals surface area (Å²) in [6.07, 6.45) is 0.692. The fourth-order valence-corrected chi connectivity index (χ4v) is 5.62. The summed E-state index contributed by atoms with van der Waals surface area (Å²) < 4.78 is 30.6. The molecule has 2 rings (SSSR count). The number of fused-ring (bicyclic) bond motifs is 1. The molecule has 2 aliphatic rings. The average Bonchev–Trinajstić information content (AvgIpc) is 2.72. The molecule has 27 heavy (non-hydrogen) atoms. The first-order valence-corrected chi connectivity index (χ1v) is 11.3. The lowest BCUT2D eigenvalue weighted by atomic mass is 9.79. The van der Waals surface area contributed by atoms with Gasteiger partial charge in [0.25, 0.3) is 10.2 Å². The van der Waals surface area contributed by atoms with Gasteiger partial charge in [0.1, 0.15) is 5.84 Å². The molecule has 2 N–H and O–H groups in total. The number of nitrogens with one attached hydrogen (secondary N) is 2. The summed E-state index contributed by atoms with van der Waals surface area (Å²) in [5.74, 6) is 1.04. The van der Waals surface area contributed by atoms with Gasteiger partial charge in [0.15, 0.2) is 0 Å². The lowest BCUT2D eigenvalue weighted by molar-refractivity contribution is 0.393. The molecule has 2 aliphatic heterocycles. The molecule has 0 aromatic rings. The number of rotatable bonds is 3. The zero-order valence-corrected chi connectivity index (χ0v) is 19.5. The largest absolute Gasteiger partial charge is 0.332 e. The summed E-state index contributed by atoms with van der Waals surface area (Å²) in [6.45, 7) is 21.4. The molecule has 2 atom stereocenters. The van der Waals surface area contributed by atoms with Crippen molar-refractivity contribution in [2.45, 2.75) is 93.3 Å². The standard InChI is InChI=1S/C20H38N4O2S/c1-13-16(18(2,3)4)15-11-14(22-27(25,26)23-20(8,9)10)12-24(15)17(21-13)19(5,6)7/h13-14,22-23H,11-12H2,1-10H3/t13-,14-/m0/s1. The van der Waals surface area contributed by atoms with Gasteiger partial charge in [-0.3, -0.25) is 4.99 Å². The molecule has 0 aromatic carbocycles. The highest BCUT2D eigenvalue weighted by Crippen LogP contribution is 2.42. The van der Waals surface area contributed by atoms with E-state index in [0.29, 0.717) is 13.0 Å². The number of nitrogens with zero attached hydrogens (tertiary/aromatic N) is 2. The Hall–Kier alpha value is -0.920. The number of hydrogen-bond donors (Lipinski definition) is 2. The topological polar surface area (TPSA) is 73.8 Å². The summed E-state index contributed by atoms with van der Waals surface area (Å²) in [5, 5.41) is 0. The van der Waals surface area contributed by atoms with Gasteiger partial charge in [-0.05, 0) is 38.7 Å². The van der Waals surface area contributed by atoms with E-state index >= 15 is 0 Å². The van der Waals surface area contributed by atoms with Crippen LogP contribution in [0.25, 0.3) is 0 Å². The van der Waals surface area contributed by atoms with E-state index in [9.17, 15) is 8.42 Å². The van der Waals surface area contributed by atoms with Gasteiger partial charge in [0.2, 0.25) is 0 Å². The fourth-order valence-electron chi connectivity index (χ4n) is 4.16. The van der Waals surface area contributed by atoms with Gasteiger partial charge >= 0.3 is 0 Å². The van der Waals surface area contributed by atoms with Gasteiger partial charge in [0.05, 0.1) is 6.04 Å². The van der Waals surface area contributed by atoms with Crippen LogP contribution in [0.1, 0.15) is 75.7 Å². The Morgan fingerprint density at radius 3 is 2.00 bits per heavy atom. The molecule has 0 amide bonds. The van der Waals surface area contributed by atoms with Crippen molar-refractivity contribution in [3.8, 4) is 0 Å². The van der Waals surface area contributed by atoms with E-state index in [0.717, 1.165) is 5.84 Å². The van der Waals surface area contributed by atoms with Crippen LogP contribution < -0.4 is 9.44 Å². The molecule has 2 heterocycles. The van der Waals surface area contributed by atoms with E-state index in [1.165, 1.54) is 11.3 Å². The fraction of sp³-hybridized carbons (Fsp3) is 0.850. The molecular formula is C20H38N4O2S. The maximum Gasteiger partial charge on any atom is 0.277 e. The summed E-state index contributed by atoms with van der Waals surface area (Å²) in [5.41, 5.74) is 1.91. The molecule has 0 radical (unpaired) electrons. The van der Waals surface area contributed by atoms with Crippen LogP contribution in [0.15, 0.2) is 16.3 Å². The van der Waals surface area contributed by atoms with Crippen LogP contribution in [0.4, 0.5) is 0 Å². The zero-order valence-electron chi connectivity index (χ0n) is 18.7. The Morgan fingerprint density at radius 2 is 1.56 bits per heavy atom. The summed E-state index contributed by atoms with van der Waals surface area (Å²) >= 11 is 0. The molecule has 156 valence electrons. The Labute approximate surface area is 166 Å². The summed E-state index contributed by atoms with van der Waals surface area (Å²) in [6, 6.07) is -0.0661. The SMILES string of the molecule is C[C@@H]1N=C(C(C)(C)C)N2C[C@@H](NS(=O)(=O)NC(C)(C)C)CC2=C1C(C)(C)C. The second-order valence-corrected chi connectivity index (χ2v) is 12.4. The van der Waals surface area contributed by atoms with Crippen molar-refractivity contribution >= 4 is 16.0 Å². The van der Waals surface area contributed by atoms with E-state index in [-0.39, 0.29) is 22.9 Å². The zero-order chi connectivity index (χ0) is 21.0. The van der Waals surface area contributed by atoms with Crippen LogP contribution >= 0.6 is 0 Å². The average molecular weight is 399 g/mol. The van der Waals surface area contributed by atoms with E-state index in [1.807, 2.05) is 20.8 Å². The summed E-state index contributed by atoms with van der Waals surface area (Å²) in [7, 11) is -3.57. The normalized spacial score (nSPS) is 25.0. The minimum Gasteiger partial charge on any atom is -0.332 e. The molecule has 0 aromatic heterocycles. The van der Waals surface area contributed by atoms with Gasteiger partial charge in [-0.25, -0.2) is 0 Å². The van der Waals surface area contributed by atoms with Crippen molar-refractivity contribution in [3.63, 3.8) is 0 Å². The first-order valence-electron chi connectivity index (χ1n) is 9.81. The highest BCUT2D eigenvalue weighted by Gasteiger charge is 2.43. The molecule has 0 saturated carbocycles. The minimum absolute atomic E-state index is 0.0165. The van der Waals surface area contributed by atoms with Crippen molar-refractivity contribution in [2.75, 3.05) is 6.54 Å². The predicted octanol–water partition coefficient (Wildman–Crippen LogP) is 3.43. The molecular weight excluding hydrogens is 360 g/mol. The lowest BCUT2D eigenvalue weighted by Gasteiger charge is -2.41. The molecule has 0 spiro atoms.